The molecule has 13 nitrogen and oxygen atoms in total. The number of esters is 1. The monoisotopic (exact) mass is 521 g/mol. The van der Waals surface area contributed by atoms with Crippen LogP contribution in [0.4, 0.5) is 11.4 Å². The number of morpholine rings is 1. The van der Waals surface area contributed by atoms with E-state index in [-0.39, 0.29) is 24.9 Å². The summed E-state index contributed by atoms with van der Waals surface area (Å²) < 4.78 is 15.4. The molecule has 0 saturated carbocycles. The summed E-state index contributed by atoms with van der Waals surface area (Å²) in [6, 6.07) is 11.4. The lowest BCUT2D eigenvalue weighted by Crippen LogP contribution is -2.56. The second-order valence-corrected chi connectivity index (χ2v) is 8.82. The van der Waals surface area contributed by atoms with Crippen LogP contribution in [0.2, 0.25) is 0 Å². The second kappa shape index (κ2) is 9.94. The number of aromatic amines is 1. The van der Waals surface area contributed by atoms with Gasteiger partial charge in [0.05, 0.1) is 6.61 Å². The molecule has 38 heavy (non-hydrogen) atoms. The lowest BCUT2D eigenvalue weighted by molar-refractivity contribution is -0.167. The lowest BCUT2D eigenvalue weighted by Gasteiger charge is -2.35. The molecule has 2 unspecified atom stereocenters. The van der Waals surface area contributed by atoms with Crippen LogP contribution < -0.4 is 16.0 Å². The van der Waals surface area contributed by atoms with Gasteiger partial charge in [-0.2, -0.15) is 0 Å². The van der Waals surface area contributed by atoms with Crippen molar-refractivity contribution in [2.24, 2.45) is 0 Å². The van der Waals surface area contributed by atoms with Gasteiger partial charge in [-0.25, -0.2) is 4.79 Å². The van der Waals surface area contributed by atoms with Gasteiger partial charge in [0.2, 0.25) is 6.10 Å². The first-order valence-electron chi connectivity index (χ1n) is 11.7. The molecule has 2 atom stereocenters. The molecule has 13 heteroatoms. The number of amides is 3. The Labute approximate surface area is 215 Å². The fourth-order valence-electron chi connectivity index (χ4n) is 4.41. The van der Waals surface area contributed by atoms with E-state index in [4.69, 9.17) is 9.47 Å². The number of anilines is 2. The fraction of sp³-hybridized carbons (Fsp3) is 0.280. The predicted octanol–water partition coefficient (Wildman–Crippen LogP) is 0.918. The molecule has 3 heterocycles. The van der Waals surface area contributed by atoms with Crippen molar-refractivity contribution in [3.63, 3.8) is 0 Å². The molecule has 0 spiro atoms. The molecular weight excluding hydrogens is 498 g/mol. The zero-order valence-corrected chi connectivity index (χ0v) is 20.4. The lowest BCUT2D eigenvalue weighted by atomic mass is 10.1. The molecule has 3 amide bonds. The maximum absolute atomic E-state index is 13.4. The van der Waals surface area contributed by atoms with Crippen LogP contribution >= 0.6 is 0 Å². The zero-order valence-electron chi connectivity index (χ0n) is 20.4. The molecule has 2 N–H and O–H groups in total. The highest BCUT2D eigenvalue weighted by Gasteiger charge is 2.43. The summed E-state index contributed by atoms with van der Waals surface area (Å²) >= 11 is 0. The molecule has 0 radical (unpaired) electrons. The number of rotatable bonds is 6. The van der Waals surface area contributed by atoms with Gasteiger partial charge in [-0.3, -0.25) is 28.7 Å². The average Bonchev–Trinajstić information content (AvgIpc) is 3.45. The number of nitrogens with one attached hydrogen (secondary N) is 2. The molecule has 196 valence electrons. The van der Waals surface area contributed by atoms with Crippen molar-refractivity contribution >= 4 is 35.1 Å². The van der Waals surface area contributed by atoms with Crippen LogP contribution in [-0.2, 0) is 30.4 Å². The number of hydrogen-bond acceptors (Lipinski definition) is 9. The molecule has 0 aliphatic carbocycles. The molecule has 5 rings (SSSR count). The van der Waals surface area contributed by atoms with E-state index in [1.807, 2.05) is 0 Å². The number of fused-ring (bicyclic) bond motifs is 1. The van der Waals surface area contributed by atoms with Gasteiger partial charge in [0.15, 0.2) is 11.9 Å². The minimum absolute atomic E-state index is 0.0910. The first-order chi connectivity index (χ1) is 18.2. The standard InChI is InChI=1S/C25H23N5O8/c1-13(31)37-19(22(32)26-16-5-3-14(4-6-16)21-27-25(35)38-28-21)20-24(34)30(9-10-36-20)17-7-8-18-15(11-17)12-29(2)23(18)33/h3-8,11,19-20H,9-10,12H2,1-2H3,(H,26,32)(H,27,28,35). The predicted molar refractivity (Wildman–Crippen MR) is 131 cm³/mol. The maximum atomic E-state index is 13.4. The van der Waals surface area contributed by atoms with Crippen LogP contribution in [0.25, 0.3) is 11.4 Å². The molecule has 3 aromatic rings. The van der Waals surface area contributed by atoms with E-state index < -0.39 is 35.7 Å². The van der Waals surface area contributed by atoms with E-state index in [1.165, 1.54) is 4.90 Å². The summed E-state index contributed by atoms with van der Waals surface area (Å²) in [5.74, 6) is -2.65. The summed E-state index contributed by atoms with van der Waals surface area (Å²) in [5, 5.41) is 6.22. The number of carbonyl (C=O) groups is 4. The third kappa shape index (κ3) is 4.78. The topological polar surface area (TPSA) is 164 Å². The number of aromatic nitrogens is 2. The van der Waals surface area contributed by atoms with Crippen molar-refractivity contribution in [3.05, 3.63) is 64.1 Å². The van der Waals surface area contributed by atoms with E-state index in [1.54, 1.807) is 54.4 Å². The largest absolute Gasteiger partial charge is 0.449 e. The molecular formula is C25H23N5O8. The van der Waals surface area contributed by atoms with Crippen LogP contribution in [0.5, 0.6) is 0 Å². The first-order valence-corrected chi connectivity index (χ1v) is 11.7. The van der Waals surface area contributed by atoms with Crippen LogP contribution in [0.3, 0.4) is 0 Å². The van der Waals surface area contributed by atoms with Gasteiger partial charge in [0.1, 0.15) is 0 Å². The van der Waals surface area contributed by atoms with Crippen molar-refractivity contribution in [1.29, 1.82) is 0 Å². The number of hydrogen-bond donors (Lipinski definition) is 2. The van der Waals surface area contributed by atoms with E-state index in [0.29, 0.717) is 29.0 Å². The molecule has 2 aromatic carbocycles. The maximum Gasteiger partial charge on any atom is 0.439 e. The summed E-state index contributed by atoms with van der Waals surface area (Å²) in [5.41, 5.74) is 2.79. The highest BCUT2D eigenvalue weighted by molar-refractivity contribution is 6.05. The van der Waals surface area contributed by atoms with Crippen molar-refractivity contribution in [1.82, 2.24) is 15.0 Å². The number of carbonyl (C=O) groups excluding carboxylic acids is 4. The van der Waals surface area contributed by atoms with Gasteiger partial charge < -0.3 is 24.6 Å². The normalized spacial score (nSPS) is 17.8. The fourth-order valence-corrected chi connectivity index (χ4v) is 4.41. The van der Waals surface area contributed by atoms with Gasteiger partial charge in [0, 0.05) is 49.6 Å². The Morgan fingerprint density at radius 2 is 1.92 bits per heavy atom. The molecule has 1 aromatic heterocycles. The van der Waals surface area contributed by atoms with Gasteiger partial charge in [0.25, 0.3) is 17.7 Å². The number of H-pyrrole nitrogens is 1. The summed E-state index contributed by atoms with van der Waals surface area (Å²) in [7, 11) is 1.70. The highest BCUT2D eigenvalue weighted by atomic mass is 16.6. The number of benzene rings is 2. The van der Waals surface area contributed by atoms with Crippen LogP contribution in [-0.4, -0.2) is 71.1 Å². The Kier molecular flexibility index (Phi) is 6.51. The third-order valence-electron chi connectivity index (χ3n) is 6.20. The smallest absolute Gasteiger partial charge is 0.439 e. The van der Waals surface area contributed by atoms with Crippen LogP contribution in [0, 0.1) is 0 Å². The Morgan fingerprint density at radius 3 is 2.61 bits per heavy atom. The minimum atomic E-state index is -1.56. The van der Waals surface area contributed by atoms with Gasteiger partial charge in [-0.1, -0.05) is 5.16 Å². The second-order valence-electron chi connectivity index (χ2n) is 8.82. The summed E-state index contributed by atoms with van der Waals surface area (Å²) in [6.07, 6.45) is -2.94. The third-order valence-corrected chi connectivity index (χ3v) is 6.20. The highest BCUT2D eigenvalue weighted by Crippen LogP contribution is 2.29. The van der Waals surface area contributed by atoms with E-state index in [0.717, 1.165) is 12.5 Å². The SMILES string of the molecule is CC(=O)OC(C(=O)Nc1ccc(-c2noc(=O)[nH]2)cc1)C1OCCN(c2ccc3c(c2)CN(C)C3=O)C1=O. The Balaban J connectivity index is 1.34. The van der Waals surface area contributed by atoms with E-state index >= 15 is 0 Å². The summed E-state index contributed by atoms with van der Waals surface area (Å²) in [4.78, 5) is 67.3. The average molecular weight is 521 g/mol. The van der Waals surface area contributed by atoms with Crippen LogP contribution in [0.15, 0.2) is 51.8 Å². The van der Waals surface area contributed by atoms with Crippen molar-refractivity contribution < 1.29 is 33.2 Å². The minimum Gasteiger partial charge on any atom is -0.449 e. The number of ether oxygens (including phenoxy) is 2. The van der Waals surface area contributed by atoms with Gasteiger partial charge in [-0.05, 0) is 48.0 Å². The van der Waals surface area contributed by atoms with Crippen molar-refractivity contribution in [2.75, 3.05) is 30.4 Å². The van der Waals surface area contributed by atoms with Gasteiger partial charge in [-0.15, -0.1) is 0 Å². The quantitative estimate of drug-likeness (QED) is 0.449. The Bertz CT molecular complexity index is 1480. The van der Waals surface area contributed by atoms with E-state index in [2.05, 4.69) is 20.0 Å². The first kappa shape index (κ1) is 24.9. The molecule has 2 aliphatic rings. The molecule has 0 bridgehead atoms. The molecule has 1 fully saturated rings. The van der Waals surface area contributed by atoms with Crippen molar-refractivity contribution in [3.8, 4) is 11.4 Å². The van der Waals surface area contributed by atoms with E-state index in [9.17, 15) is 24.0 Å². The van der Waals surface area contributed by atoms with Gasteiger partial charge >= 0.3 is 11.7 Å². The van der Waals surface area contributed by atoms with Crippen LogP contribution in [0.1, 0.15) is 22.8 Å². The zero-order chi connectivity index (χ0) is 27.0. The molecule has 2 aliphatic heterocycles. The molecule has 1 saturated heterocycles. The number of nitrogens with zero attached hydrogens (tertiary/aromatic N) is 3. The summed E-state index contributed by atoms with van der Waals surface area (Å²) in [6.45, 7) is 1.88. The Morgan fingerprint density at radius 1 is 1.16 bits per heavy atom. The van der Waals surface area contributed by atoms with Crippen molar-refractivity contribution in [2.45, 2.75) is 25.7 Å². The Hall–Kier alpha value is -4.78.